The first kappa shape index (κ1) is 14.9. The molecule has 2 aliphatic rings. The zero-order valence-corrected chi connectivity index (χ0v) is 13.5. The van der Waals surface area contributed by atoms with Crippen molar-refractivity contribution in [1.29, 1.82) is 0 Å². The molecule has 0 bridgehead atoms. The van der Waals surface area contributed by atoms with Crippen molar-refractivity contribution in [1.82, 2.24) is 4.72 Å². The lowest BCUT2D eigenvalue weighted by Crippen LogP contribution is -2.39. The summed E-state index contributed by atoms with van der Waals surface area (Å²) in [5, 5.41) is 3.24. The molecule has 21 heavy (non-hydrogen) atoms. The number of rotatable bonds is 3. The van der Waals surface area contributed by atoms with Crippen LogP contribution in [-0.4, -0.2) is 21.0 Å². The zero-order chi connectivity index (χ0) is 15.0. The van der Waals surface area contributed by atoms with Crippen LogP contribution in [0.25, 0.3) is 0 Å². The maximum Gasteiger partial charge on any atom is 0.240 e. The van der Waals surface area contributed by atoms with Crippen molar-refractivity contribution < 1.29 is 8.42 Å². The van der Waals surface area contributed by atoms with E-state index in [1.165, 1.54) is 12.0 Å². The lowest BCUT2D eigenvalue weighted by molar-refractivity contribution is 0.257. The van der Waals surface area contributed by atoms with Gasteiger partial charge >= 0.3 is 0 Å². The highest BCUT2D eigenvalue weighted by Crippen LogP contribution is 2.30. The molecule has 0 aromatic heterocycles. The summed E-state index contributed by atoms with van der Waals surface area (Å²) in [6, 6.07) is 5.48. The maximum absolute atomic E-state index is 12.6. The Morgan fingerprint density at radius 1 is 1.14 bits per heavy atom. The normalized spacial score (nSPS) is 29.0. The van der Waals surface area contributed by atoms with E-state index in [1.54, 1.807) is 12.1 Å². The van der Waals surface area contributed by atoms with Gasteiger partial charge in [-0.2, -0.15) is 0 Å². The third-order valence-electron chi connectivity index (χ3n) is 4.60. The van der Waals surface area contributed by atoms with Crippen molar-refractivity contribution in [2.45, 2.75) is 50.5 Å². The Morgan fingerprint density at radius 2 is 1.86 bits per heavy atom. The van der Waals surface area contributed by atoms with E-state index in [0.717, 1.165) is 31.5 Å². The molecule has 1 aromatic rings. The van der Waals surface area contributed by atoms with Gasteiger partial charge < -0.3 is 5.32 Å². The molecule has 116 valence electrons. The van der Waals surface area contributed by atoms with E-state index in [4.69, 9.17) is 0 Å². The van der Waals surface area contributed by atoms with Crippen molar-refractivity contribution in [2.24, 2.45) is 11.8 Å². The first-order chi connectivity index (χ1) is 9.94. The highest BCUT2D eigenvalue weighted by molar-refractivity contribution is 7.89. The Balaban J connectivity index is 1.77. The predicted octanol–water partition coefficient (Wildman–Crippen LogP) is 2.76. The molecule has 0 amide bonds. The molecule has 1 aliphatic heterocycles. The fourth-order valence-electron chi connectivity index (χ4n) is 3.77. The molecule has 1 aliphatic carbocycles. The monoisotopic (exact) mass is 308 g/mol. The van der Waals surface area contributed by atoms with Gasteiger partial charge in [0.25, 0.3) is 0 Å². The van der Waals surface area contributed by atoms with Crippen LogP contribution in [0.1, 0.15) is 38.7 Å². The van der Waals surface area contributed by atoms with Crippen molar-refractivity contribution in [3.63, 3.8) is 0 Å². The maximum atomic E-state index is 12.6. The molecule has 0 radical (unpaired) electrons. The van der Waals surface area contributed by atoms with Crippen LogP contribution in [0.3, 0.4) is 0 Å². The zero-order valence-electron chi connectivity index (χ0n) is 12.7. The molecule has 2 unspecified atom stereocenters. The highest BCUT2D eigenvalue weighted by Gasteiger charge is 2.28. The van der Waals surface area contributed by atoms with E-state index in [2.05, 4.69) is 23.9 Å². The van der Waals surface area contributed by atoms with E-state index in [9.17, 15) is 8.42 Å². The smallest absolute Gasteiger partial charge is 0.240 e. The Labute approximate surface area is 127 Å². The van der Waals surface area contributed by atoms with Crippen LogP contribution in [0, 0.1) is 11.8 Å². The molecular formula is C16H24N2O2S. The van der Waals surface area contributed by atoms with E-state index < -0.39 is 10.0 Å². The van der Waals surface area contributed by atoms with Crippen LogP contribution < -0.4 is 10.0 Å². The van der Waals surface area contributed by atoms with Crippen LogP contribution in [0.15, 0.2) is 23.1 Å². The van der Waals surface area contributed by atoms with Crippen LogP contribution in [0.2, 0.25) is 0 Å². The predicted molar refractivity (Wildman–Crippen MR) is 84.9 cm³/mol. The van der Waals surface area contributed by atoms with Crippen LogP contribution in [-0.2, 0) is 16.4 Å². The second-order valence-electron chi connectivity index (χ2n) is 6.73. The molecule has 2 atom stereocenters. The van der Waals surface area contributed by atoms with Crippen molar-refractivity contribution in [2.75, 3.05) is 11.9 Å². The summed E-state index contributed by atoms with van der Waals surface area (Å²) in [5.41, 5.74) is 2.16. The van der Waals surface area contributed by atoms with E-state index in [1.807, 2.05) is 6.07 Å². The van der Waals surface area contributed by atoms with Gasteiger partial charge in [-0.25, -0.2) is 13.1 Å². The number of fused-ring (bicyclic) bond motifs is 1. The van der Waals surface area contributed by atoms with Gasteiger partial charge in [-0.15, -0.1) is 0 Å². The molecule has 0 spiro atoms. The van der Waals surface area contributed by atoms with Crippen LogP contribution in [0.5, 0.6) is 0 Å². The van der Waals surface area contributed by atoms with E-state index in [0.29, 0.717) is 16.7 Å². The lowest BCUT2D eigenvalue weighted by Gasteiger charge is -2.31. The lowest BCUT2D eigenvalue weighted by atomic mass is 9.81. The fourth-order valence-corrected chi connectivity index (χ4v) is 5.06. The van der Waals surface area contributed by atoms with Gasteiger partial charge in [0, 0.05) is 18.3 Å². The number of nitrogens with one attached hydrogen (secondary N) is 2. The summed E-state index contributed by atoms with van der Waals surface area (Å²) in [6.45, 7) is 5.30. The third kappa shape index (κ3) is 3.24. The molecule has 1 saturated carbocycles. The second-order valence-corrected chi connectivity index (χ2v) is 8.45. The number of hydrogen-bond donors (Lipinski definition) is 2. The highest BCUT2D eigenvalue weighted by atomic mass is 32.2. The summed E-state index contributed by atoms with van der Waals surface area (Å²) in [4.78, 5) is 0.376. The topological polar surface area (TPSA) is 58.2 Å². The summed E-state index contributed by atoms with van der Waals surface area (Å²) < 4.78 is 28.1. The Morgan fingerprint density at radius 3 is 2.57 bits per heavy atom. The number of hydrogen-bond acceptors (Lipinski definition) is 3. The third-order valence-corrected chi connectivity index (χ3v) is 6.12. The largest absolute Gasteiger partial charge is 0.384 e. The summed E-state index contributed by atoms with van der Waals surface area (Å²) in [7, 11) is -3.42. The minimum Gasteiger partial charge on any atom is -0.384 e. The van der Waals surface area contributed by atoms with Crippen molar-refractivity contribution >= 4 is 15.7 Å². The van der Waals surface area contributed by atoms with Crippen molar-refractivity contribution in [3.05, 3.63) is 23.8 Å². The summed E-state index contributed by atoms with van der Waals surface area (Å²) in [5.74, 6) is 1.17. The van der Waals surface area contributed by atoms with Crippen LogP contribution in [0.4, 0.5) is 5.69 Å². The standard InChI is InChI=1S/C16H24N2O2S/c1-11-7-12(2)9-14(8-11)18-21(19,20)15-4-3-13-5-6-17-16(13)10-15/h3-4,10-12,14,17-18H,5-9H2,1-2H3. The van der Waals surface area contributed by atoms with Gasteiger partial charge in [-0.3, -0.25) is 0 Å². The summed E-state index contributed by atoms with van der Waals surface area (Å²) >= 11 is 0. The second kappa shape index (κ2) is 5.61. The van der Waals surface area contributed by atoms with Crippen molar-refractivity contribution in [3.8, 4) is 0 Å². The Hall–Kier alpha value is -1.07. The van der Waals surface area contributed by atoms with Gasteiger partial charge in [-0.1, -0.05) is 19.9 Å². The molecule has 1 heterocycles. The summed E-state index contributed by atoms with van der Waals surface area (Å²) in [6.07, 6.45) is 4.04. The minimum atomic E-state index is -3.42. The Bertz CT molecular complexity index is 617. The molecule has 0 saturated heterocycles. The molecule has 3 rings (SSSR count). The fraction of sp³-hybridized carbons (Fsp3) is 0.625. The molecule has 2 N–H and O–H groups in total. The molecule has 4 nitrogen and oxygen atoms in total. The molecular weight excluding hydrogens is 284 g/mol. The SMILES string of the molecule is CC1CC(C)CC(NS(=O)(=O)c2ccc3c(c2)NCC3)C1. The van der Waals surface area contributed by atoms with E-state index in [-0.39, 0.29) is 6.04 Å². The minimum absolute atomic E-state index is 0.0648. The molecule has 1 fully saturated rings. The Kier molecular flexibility index (Phi) is 3.97. The molecule has 1 aromatic carbocycles. The number of anilines is 1. The quantitative estimate of drug-likeness (QED) is 0.902. The van der Waals surface area contributed by atoms with Crippen LogP contribution >= 0.6 is 0 Å². The van der Waals surface area contributed by atoms with Gasteiger partial charge in [-0.05, 0) is 55.2 Å². The first-order valence-electron chi connectivity index (χ1n) is 7.83. The first-order valence-corrected chi connectivity index (χ1v) is 9.31. The van der Waals surface area contributed by atoms with Gasteiger partial charge in [0.2, 0.25) is 10.0 Å². The number of sulfonamides is 1. The average molecular weight is 308 g/mol. The van der Waals surface area contributed by atoms with Gasteiger partial charge in [0.1, 0.15) is 0 Å². The van der Waals surface area contributed by atoms with Gasteiger partial charge in [0.05, 0.1) is 4.90 Å². The van der Waals surface area contributed by atoms with Gasteiger partial charge in [0.15, 0.2) is 0 Å². The molecule has 5 heteroatoms. The number of benzene rings is 1. The van der Waals surface area contributed by atoms with E-state index >= 15 is 0 Å². The average Bonchev–Trinajstić information content (AvgIpc) is 2.83.